The van der Waals surface area contributed by atoms with Crippen molar-refractivity contribution in [2.24, 2.45) is 0 Å². The largest absolute Gasteiger partial charge is 0.490 e. The molecule has 0 radical (unpaired) electrons. The highest BCUT2D eigenvalue weighted by atomic mass is 16.5. The Kier molecular flexibility index (Phi) is 6.14. The second-order valence-electron chi connectivity index (χ2n) is 8.32. The van der Waals surface area contributed by atoms with Gasteiger partial charge in [-0.25, -0.2) is 0 Å². The third-order valence-corrected chi connectivity index (χ3v) is 6.35. The van der Waals surface area contributed by atoms with E-state index in [4.69, 9.17) is 4.74 Å². The van der Waals surface area contributed by atoms with Crippen LogP contribution in [-0.4, -0.2) is 42.0 Å². The summed E-state index contributed by atoms with van der Waals surface area (Å²) in [4.78, 5) is 19.9. The zero-order valence-corrected chi connectivity index (χ0v) is 17.3. The highest BCUT2D eigenvalue weighted by Crippen LogP contribution is 2.35. The normalized spacial score (nSPS) is 23.1. The Morgan fingerprint density at radius 2 is 1.97 bits per heavy atom. The Labute approximate surface area is 173 Å². The highest BCUT2D eigenvalue weighted by molar-refractivity contribution is 5.88. The lowest BCUT2D eigenvalue weighted by atomic mass is 9.75. The van der Waals surface area contributed by atoms with Crippen LogP contribution in [0.3, 0.4) is 0 Å². The fourth-order valence-electron chi connectivity index (χ4n) is 4.85. The third kappa shape index (κ3) is 4.30. The SMILES string of the molecule is CNC(=O)C1(c2ccccn2)CCCN(Cc2ccccc2OC2CCCC2)C1. The summed E-state index contributed by atoms with van der Waals surface area (Å²) in [6.07, 6.45) is 8.74. The first-order valence-corrected chi connectivity index (χ1v) is 10.8. The van der Waals surface area contributed by atoms with Crippen molar-refractivity contribution in [3.8, 4) is 5.75 Å². The van der Waals surface area contributed by atoms with E-state index in [2.05, 4.69) is 33.4 Å². The first kappa shape index (κ1) is 19.9. The highest BCUT2D eigenvalue weighted by Gasteiger charge is 2.44. The van der Waals surface area contributed by atoms with Crippen molar-refractivity contribution in [1.82, 2.24) is 15.2 Å². The number of para-hydroxylation sites is 1. The fraction of sp³-hybridized carbons (Fsp3) is 0.500. The Morgan fingerprint density at radius 1 is 1.17 bits per heavy atom. The summed E-state index contributed by atoms with van der Waals surface area (Å²) < 4.78 is 6.33. The zero-order valence-electron chi connectivity index (χ0n) is 17.3. The average Bonchev–Trinajstić information content (AvgIpc) is 3.28. The van der Waals surface area contributed by atoms with E-state index in [0.29, 0.717) is 12.6 Å². The van der Waals surface area contributed by atoms with E-state index in [1.54, 1.807) is 13.2 Å². The molecule has 4 rings (SSSR count). The van der Waals surface area contributed by atoms with Crippen LogP contribution in [0.1, 0.15) is 49.8 Å². The summed E-state index contributed by atoms with van der Waals surface area (Å²) in [5.74, 6) is 1.05. The lowest BCUT2D eigenvalue weighted by molar-refractivity contribution is -0.128. The van der Waals surface area contributed by atoms with Crippen molar-refractivity contribution in [1.29, 1.82) is 0 Å². The van der Waals surface area contributed by atoms with Gasteiger partial charge in [0.25, 0.3) is 0 Å². The van der Waals surface area contributed by atoms with Gasteiger partial charge < -0.3 is 10.1 Å². The second-order valence-corrected chi connectivity index (χ2v) is 8.32. The maximum atomic E-state index is 13.0. The van der Waals surface area contributed by atoms with Gasteiger partial charge in [0, 0.05) is 31.9 Å². The molecule has 1 amide bonds. The minimum Gasteiger partial charge on any atom is -0.490 e. The third-order valence-electron chi connectivity index (χ3n) is 6.35. The molecular weight excluding hydrogens is 362 g/mol. The van der Waals surface area contributed by atoms with Gasteiger partial charge in [0.15, 0.2) is 0 Å². The molecule has 1 atom stereocenters. The van der Waals surface area contributed by atoms with E-state index in [0.717, 1.165) is 50.2 Å². The molecule has 1 aromatic carbocycles. The lowest BCUT2D eigenvalue weighted by Gasteiger charge is -2.41. The van der Waals surface area contributed by atoms with E-state index in [1.807, 2.05) is 24.3 Å². The maximum Gasteiger partial charge on any atom is 0.233 e. The van der Waals surface area contributed by atoms with Crippen LogP contribution in [0, 0.1) is 0 Å². The van der Waals surface area contributed by atoms with Gasteiger partial charge >= 0.3 is 0 Å². The molecule has 2 aromatic rings. The number of benzene rings is 1. The van der Waals surface area contributed by atoms with Crippen molar-refractivity contribution in [3.63, 3.8) is 0 Å². The standard InChI is InChI=1S/C24H31N3O2/c1-25-23(28)24(22-13-6-7-15-26-22)14-8-16-27(18-24)17-19-9-2-5-12-21(19)29-20-10-3-4-11-20/h2,5-7,9,12-13,15,20H,3-4,8,10-11,14,16-18H2,1H3,(H,25,28). The summed E-state index contributed by atoms with van der Waals surface area (Å²) >= 11 is 0. The number of nitrogens with one attached hydrogen (secondary N) is 1. The van der Waals surface area contributed by atoms with Gasteiger partial charge in [-0.1, -0.05) is 24.3 Å². The number of amides is 1. The fourth-order valence-corrected chi connectivity index (χ4v) is 4.85. The molecule has 0 spiro atoms. The molecule has 0 bridgehead atoms. The smallest absolute Gasteiger partial charge is 0.233 e. The minimum absolute atomic E-state index is 0.0522. The quantitative estimate of drug-likeness (QED) is 0.813. The van der Waals surface area contributed by atoms with Crippen molar-refractivity contribution < 1.29 is 9.53 Å². The first-order chi connectivity index (χ1) is 14.2. The molecule has 5 nitrogen and oxygen atoms in total. The van der Waals surface area contributed by atoms with Gasteiger partial charge in [0.1, 0.15) is 11.2 Å². The van der Waals surface area contributed by atoms with E-state index in [1.165, 1.54) is 18.4 Å². The second kappa shape index (κ2) is 8.95. The minimum atomic E-state index is -0.602. The van der Waals surface area contributed by atoms with Crippen molar-refractivity contribution >= 4 is 5.91 Å². The molecule has 1 N–H and O–H groups in total. The molecule has 2 aliphatic rings. The molecule has 1 saturated carbocycles. The van der Waals surface area contributed by atoms with E-state index < -0.39 is 5.41 Å². The van der Waals surface area contributed by atoms with Gasteiger partial charge in [-0.3, -0.25) is 14.7 Å². The molecular formula is C24H31N3O2. The number of carbonyl (C=O) groups excluding carboxylic acids is 1. The van der Waals surface area contributed by atoms with Gasteiger partial charge in [-0.15, -0.1) is 0 Å². The maximum absolute atomic E-state index is 13.0. The molecule has 2 fully saturated rings. The van der Waals surface area contributed by atoms with Crippen LogP contribution >= 0.6 is 0 Å². The number of aromatic nitrogens is 1. The van der Waals surface area contributed by atoms with Gasteiger partial charge in [0.2, 0.25) is 5.91 Å². The molecule has 5 heteroatoms. The Bertz CT molecular complexity index is 820. The molecule has 1 aromatic heterocycles. The lowest BCUT2D eigenvalue weighted by Crippen LogP contribution is -2.54. The molecule has 29 heavy (non-hydrogen) atoms. The summed E-state index contributed by atoms with van der Waals surface area (Å²) in [5.41, 5.74) is 1.46. The van der Waals surface area contributed by atoms with E-state index in [9.17, 15) is 4.79 Å². The predicted molar refractivity (Wildman–Crippen MR) is 114 cm³/mol. The number of piperidine rings is 1. The van der Waals surface area contributed by atoms with Gasteiger partial charge in [-0.2, -0.15) is 0 Å². The number of likely N-dealkylation sites (N-methyl/N-ethyl adjacent to an activating group) is 1. The molecule has 1 aliphatic heterocycles. The Balaban J connectivity index is 1.55. The number of hydrogen-bond acceptors (Lipinski definition) is 4. The van der Waals surface area contributed by atoms with Gasteiger partial charge in [-0.05, 0) is 63.3 Å². The zero-order chi connectivity index (χ0) is 20.1. The number of carbonyl (C=O) groups is 1. The van der Waals surface area contributed by atoms with Crippen LogP contribution in [0.15, 0.2) is 48.7 Å². The summed E-state index contributed by atoms with van der Waals surface area (Å²) in [6.45, 7) is 2.43. The van der Waals surface area contributed by atoms with Crippen LogP contribution in [-0.2, 0) is 16.8 Å². The Hall–Kier alpha value is -2.40. The molecule has 1 aliphatic carbocycles. The summed E-state index contributed by atoms with van der Waals surface area (Å²) in [7, 11) is 1.72. The van der Waals surface area contributed by atoms with Crippen molar-refractivity contribution in [3.05, 3.63) is 59.9 Å². The van der Waals surface area contributed by atoms with Gasteiger partial charge in [0.05, 0.1) is 11.8 Å². The summed E-state index contributed by atoms with van der Waals surface area (Å²) in [6, 6.07) is 14.2. The number of pyridine rings is 1. The number of nitrogens with zero attached hydrogens (tertiary/aromatic N) is 2. The predicted octanol–water partition coefficient (Wildman–Crippen LogP) is 3.68. The van der Waals surface area contributed by atoms with Crippen molar-refractivity contribution in [2.45, 2.75) is 56.6 Å². The topological polar surface area (TPSA) is 54.5 Å². The van der Waals surface area contributed by atoms with Crippen molar-refractivity contribution in [2.75, 3.05) is 20.1 Å². The van der Waals surface area contributed by atoms with Crippen LogP contribution in [0.5, 0.6) is 5.75 Å². The average molecular weight is 394 g/mol. The molecule has 2 heterocycles. The Morgan fingerprint density at radius 3 is 2.72 bits per heavy atom. The molecule has 154 valence electrons. The monoisotopic (exact) mass is 393 g/mol. The first-order valence-electron chi connectivity index (χ1n) is 10.8. The molecule has 1 saturated heterocycles. The number of likely N-dealkylation sites (tertiary alicyclic amines) is 1. The van der Waals surface area contributed by atoms with Crippen LogP contribution < -0.4 is 10.1 Å². The number of ether oxygens (including phenoxy) is 1. The van der Waals surface area contributed by atoms with Crippen LogP contribution in [0.25, 0.3) is 0 Å². The van der Waals surface area contributed by atoms with Crippen LogP contribution in [0.4, 0.5) is 0 Å². The number of hydrogen-bond donors (Lipinski definition) is 1. The van der Waals surface area contributed by atoms with Crippen LogP contribution in [0.2, 0.25) is 0 Å². The van der Waals surface area contributed by atoms with E-state index >= 15 is 0 Å². The summed E-state index contributed by atoms with van der Waals surface area (Å²) in [5, 5.41) is 2.89. The van der Waals surface area contributed by atoms with E-state index in [-0.39, 0.29) is 5.91 Å². The number of rotatable bonds is 6. The molecule has 1 unspecified atom stereocenters.